The predicted molar refractivity (Wildman–Crippen MR) is 76.4 cm³/mol. The average Bonchev–Trinajstić information content (AvgIpc) is 3.07. The first kappa shape index (κ1) is 13.5. The van der Waals surface area contributed by atoms with Crippen molar-refractivity contribution in [3.05, 3.63) is 21.4 Å². The van der Waals surface area contributed by atoms with Gasteiger partial charge in [0.1, 0.15) is 0 Å². The summed E-state index contributed by atoms with van der Waals surface area (Å²) in [7, 11) is 0. The lowest BCUT2D eigenvalue weighted by molar-refractivity contribution is 0.0957. The van der Waals surface area contributed by atoms with Gasteiger partial charge in [0.25, 0.3) is 5.91 Å². The second-order valence-corrected chi connectivity index (χ2v) is 6.79. The number of nitrogens with two attached hydrogens (primary N) is 1. The average molecular weight is 310 g/mol. The summed E-state index contributed by atoms with van der Waals surface area (Å²) >= 11 is 3.04. The first-order valence-electron chi connectivity index (χ1n) is 6.20. The highest BCUT2D eigenvalue weighted by atomic mass is 32.2. The summed E-state index contributed by atoms with van der Waals surface area (Å²) in [4.78, 5) is 13.2. The molecule has 0 aliphatic heterocycles. The Bertz CT molecular complexity index is 633. The summed E-state index contributed by atoms with van der Waals surface area (Å²) in [6, 6.07) is 2.34. The number of nitrogen functional groups attached to an aromatic ring is 1. The van der Waals surface area contributed by atoms with Crippen molar-refractivity contribution in [2.45, 2.75) is 36.7 Å². The molecule has 1 fully saturated rings. The zero-order chi connectivity index (χ0) is 14.1. The summed E-state index contributed by atoms with van der Waals surface area (Å²) in [5.41, 5.74) is 3.27. The fraction of sp³-hybridized carbons (Fsp3) is 0.455. The van der Waals surface area contributed by atoms with Crippen molar-refractivity contribution in [3.63, 3.8) is 0 Å². The van der Waals surface area contributed by atoms with Gasteiger partial charge in [0.15, 0.2) is 0 Å². The minimum Gasteiger partial charge on any atom is -0.289 e. The van der Waals surface area contributed by atoms with Gasteiger partial charge in [0.2, 0.25) is 5.16 Å². The molecule has 2 aromatic rings. The van der Waals surface area contributed by atoms with Gasteiger partial charge in [0, 0.05) is 10.6 Å². The van der Waals surface area contributed by atoms with E-state index in [-0.39, 0.29) is 5.91 Å². The maximum atomic E-state index is 11.5. The van der Waals surface area contributed by atoms with Gasteiger partial charge in [-0.25, -0.2) is 10.5 Å². The molecule has 7 nitrogen and oxygen atoms in total. The Morgan fingerprint density at radius 1 is 1.65 bits per heavy atom. The van der Waals surface area contributed by atoms with Crippen molar-refractivity contribution in [3.8, 4) is 0 Å². The molecule has 3 N–H and O–H groups in total. The number of thiophene rings is 1. The molecule has 20 heavy (non-hydrogen) atoms. The van der Waals surface area contributed by atoms with E-state index in [1.807, 2.05) is 17.7 Å². The molecule has 0 spiro atoms. The number of thioether (sulfide) groups is 1. The van der Waals surface area contributed by atoms with Crippen molar-refractivity contribution < 1.29 is 4.79 Å². The number of hydrogen-bond acceptors (Lipinski definition) is 7. The second-order valence-electron chi connectivity index (χ2n) is 4.59. The standard InChI is InChI=1S/C11H14N6OS2/c1-6-7(4-9(20-6)10(18)13-12)5-19-11-14-15-16-17(11)8-2-3-8/h4,8H,2-3,5,12H2,1H3,(H,13,18). The van der Waals surface area contributed by atoms with E-state index in [0.29, 0.717) is 10.9 Å². The van der Waals surface area contributed by atoms with Crippen LogP contribution in [-0.2, 0) is 5.75 Å². The Hall–Kier alpha value is -1.45. The first-order valence-corrected chi connectivity index (χ1v) is 8.00. The van der Waals surface area contributed by atoms with E-state index in [0.717, 1.165) is 34.2 Å². The first-order chi connectivity index (χ1) is 9.69. The van der Waals surface area contributed by atoms with Crippen molar-refractivity contribution in [1.29, 1.82) is 0 Å². The number of hydrogen-bond donors (Lipinski definition) is 2. The van der Waals surface area contributed by atoms with Crippen LogP contribution in [0, 0.1) is 6.92 Å². The highest BCUT2D eigenvalue weighted by Crippen LogP contribution is 2.37. The lowest BCUT2D eigenvalue weighted by Crippen LogP contribution is -2.29. The van der Waals surface area contributed by atoms with E-state index >= 15 is 0 Å². The van der Waals surface area contributed by atoms with Gasteiger partial charge in [0.05, 0.1) is 10.9 Å². The molecule has 0 atom stereocenters. The largest absolute Gasteiger partial charge is 0.289 e. The van der Waals surface area contributed by atoms with Crippen LogP contribution < -0.4 is 11.3 Å². The molecule has 2 aromatic heterocycles. The van der Waals surface area contributed by atoms with Crippen molar-refractivity contribution in [2.24, 2.45) is 5.84 Å². The van der Waals surface area contributed by atoms with E-state index in [4.69, 9.17) is 5.84 Å². The topological polar surface area (TPSA) is 98.7 Å². The molecule has 0 radical (unpaired) electrons. The number of amides is 1. The van der Waals surface area contributed by atoms with Crippen LogP contribution in [0.5, 0.6) is 0 Å². The molecule has 3 rings (SSSR count). The van der Waals surface area contributed by atoms with Crippen molar-refractivity contribution in [1.82, 2.24) is 25.6 Å². The third kappa shape index (κ3) is 2.69. The molecule has 9 heteroatoms. The van der Waals surface area contributed by atoms with Gasteiger partial charge in [-0.05, 0) is 41.8 Å². The molecular weight excluding hydrogens is 296 g/mol. The summed E-state index contributed by atoms with van der Waals surface area (Å²) in [6.07, 6.45) is 2.30. The number of hydrazine groups is 1. The van der Waals surface area contributed by atoms with Crippen LogP contribution in [0.25, 0.3) is 0 Å². The highest BCUT2D eigenvalue weighted by Gasteiger charge is 2.28. The Morgan fingerprint density at radius 3 is 3.15 bits per heavy atom. The second kappa shape index (κ2) is 5.51. The van der Waals surface area contributed by atoms with Crippen LogP contribution >= 0.6 is 23.1 Å². The number of carbonyl (C=O) groups excluding carboxylic acids is 1. The van der Waals surface area contributed by atoms with E-state index in [2.05, 4.69) is 21.0 Å². The summed E-state index contributed by atoms with van der Waals surface area (Å²) in [5, 5.41) is 12.6. The SMILES string of the molecule is Cc1sc(C(=O)NN)cc1CSc1nnnn1C1CC1. The lowest BCUT2D eigenvalue weighted by Gasteiger charge is -2.01. The summed E-state index contributed by atoms with van der Waals surface area (Å²) < 4.78 is 1.89. The zero-order valence-electron chi connectivity index (χ0n) is 10.9. The molecule has 0 bridgehead atoms. The molecule has 1 saturated carbocycles. The summed E-state index contributed by atoms with van der Waals surface area (Å²) in [6.45, 7) is 2.00. The monoisotopic (exact) mass is 310 g/mol. The van der Waals surface area contributed by atoms with E-state index < -0.39 is 0 Å². The Balaban J connectivity index is 1.70. The van der Waals surface area contributed by atoms with Crippen molar-refractivity contribution in [2.75, 3.05) is 0 Å². The maximum Gasteiger partial charge on any atom is 0.275 e. The maximum absolute atomic E-state index is 11.5. The number of nitrogens with zero attached hydrogens (tertiary/aromatic N) is 4. The fourth-order valence-corrected chi connectivity index (χ4v) is 3.85. The minimum atomic E-state index is -0.253. The summed E-state index contributed by atoms with van der Waals surface area (Å²) in [5.74, 6) is 5.64. The van der Waals surface area contributed by atoms with Crippen LogP contribution in [0.15, 0.2) is 11.2 Å². The molecular formula is C11H14N6OS2. The number of nitrogens with one attached hydrogen (secondary N) is 1. The Morgan fingerprint density at radius 2 is 2.45 bits per heavy atom. The molecule has 1 aliphatic rings. The number of rotatable bonds is 5. The molecule has 1 amide bonds. The number of aryl methyl sites for hydroxylation is 1. The molecule has 0 unspecified atom stereocenters. The van der Waals surface area contributed by atoms with Gasteiger partial charge in [-0.3, -0.25) is 10.2 Å². The number of carbonyl (C=O) groups is 1. The van der Waals surface area contributed by atoms with Gasteiger partial charge in [-0.1, -0.05) is 11.8 Å². The third-order valence-corrected chi connectivity index (χ3v) is 5.16. The van der Waals surface area contributed by atoms with E-state index in [1.54, 1.807) is 11.8 Å². The third-order valence-electron chi connectivity index (χ3n) is 3.09. The molecule has 106 valence electrons. The predicted octanol–water partition coefficient (Wildman–Crippen LogP) is 1.27. The van der Waals surface area contributed by atoms with E-state index in [1.165, 1.54) is 11.3 Å². The van der Waals surface area contributed by atoms with E-state index in [9.17, 15) is 4.79 Å². The number of aromatic nitrogens is 4. The number of tetrazole rings is 1. The quantitative estimate of drug-likeness (QED) is 0.373. The molecule has 2 heterocycles. The van der Waals surface area contributed by atoms with Gasteiger partial charge in [-0.2, -0.15) is 0 Å². The highest BCUT2D eigenvalue weighted by molar-refractivity contribution is 7.98. The Kier molecular flexibility index (Phi) is 3.72. The van der Waals surface area contributed by atoms with Crippen molar-refractivity contribution >= 4 is 29.0 Å². The van der Waals surface area contributed by atoms with Crippen LogP contribution in [0.4, 0.5) is 0 Å². The van der Waals surface area contributed by atoms with Gasteiger partial charge >= 0.3 is 0 Å². The van der Waals surface area contributed by atoms with Crippen LogP contribution in [0.2, 0.25) is 0 Å². The molecule has 0 saturated heterocycles. The lowest BCUT2D eigenvalue weighted by atomic mass is 10.3. The smallest absolute Gasteiger partial charge is 0.275 e. The van der Waals surface area contributed by atoms with Crippen LogP contribution in [0.3, 0.4) is 0 Å². The fourth-order valence-electron chi connectivity index (χ4n) is 1.82. The zero-order valence-corrected chi connectivity index (χ0v) is 12.5. The van der Waals surface area contributed by atoms with Gasteiger partial charge in [-0.15, -0.1) is 16.4 Å². The van der Waals surface area contributed by atoms with Crippen LogP contribution in [0.1, 0.15) is 39.0 Å². The minimum absolute atomic E-state index is 0.253. The molecule has 1 aliphatic carbocycles. The Labute approximate surface area is 123 Å². The van der Waals surface area contributed by atoms with Gasteiger partial charge < -0.3 is 0 Å². The normalized spacial score (nSPS) is 14.5. The molecule has 0 aromatic carbocycles. The van der Waals surface area contributed by atoms with Crippen LogP contribution in [-0.4, -0.2) is 26.1 Å².